The van der Waals surface area contributed by atoms with E-state index in [1.54, 1.807) is 38.3 Å². The fourth-order valence-corrected chi connectivity index (χ4v) is 4.48. The minimum absolute atomic E-state index is 0.0698. The van der Waals surface area contributed by atoms with E-state index in [1.807, 2.05) is 42.5 Å². The molecule has 0 saturated carbocycles. The zero-order valence-electron chi connectivity index (χ0n) is 17.0. The first-order valence-electron chi connectivity index (χ1n) is 9.70. The summed E-state index contributed by atoms with van der Waals surface area (Å²) in [5.74, 6) is -0.282. The molecule has 3 rings (SSSR count). The first kappa shape index (κ1) is 21.7. The van der Waals surface area contributed by atoms with Gasteiger partial charge < -0.3 is 5.32 Å². The van der Waals surface area contributed by atoms with Crippen LogP contribution in [0.5, 0.6) is 0 Å². The number of benzene rings is 2. The van der Waals surface area contributed by atoms with Gasteiger partial charge in [-0.25, -0.2) is 13.1 Å². The van der Waals surface area contributed by atoms with Gasteiger partial charge in [0.2, 0.25) is 15.9 Å². The number of rotatable bonds is 8. The molecule has 0 spiro atoms. The highest BCUT2D eigenvalue weighted by Crippen LogP contribution is 2.17. The Kier molecular flexibility index (Phi) is 6.97. The van der Waals surface area contributed by atoms with E-state index < -0.39 is 10.0 Å². The van der Waals surface area contributed by atoms with Crippen molar-refractivity contribution in [3.8, 4) is 0 Å². The number of fused-ring (bicyclic) bond motifs is 1. The van der Waals surface area contributed by atoms with Crippen molar-refractivity contribution in [2.45, 2.75) is 32.2 Å². The van der Waals surface area contributed by atoms with E-state index in [4.69, 9.17) is 0 Å². The van der Waals surface area contributed by atoms with E-state index >= 15 is 0 Å². The number of nitrogens with zero attached hydrogens (tertiary/aromatic N) is 1. The van der Waals surface area contributed by atoms with Crippen molar-refractivity contribution in [3.05, 3.63) is 83.6 Å². The lowest BCUT2D eigenvalue weighted by molar-refractivity contribution is -0.116. The molecule has 0 bridgehead atoms. The van der Waals surface area contributed by atoms with Gasteiger partial charge in [-0.15, -0.1) is 0 Å². The van der Waals surface area contributed by atoms with Crippen molar-refractivity contribution in [1.82, 2.24) is 15.0 Å². The Bertz CT molecular complexity index is 1150. The summed E-state index contributed by atoms with van der Waals surface area (Å²) < 4.78 is 26.6. The average Bonchev–Trinajstić information content (AvgIpc) is 2.70. The highest BCUT2D eigenvalue weighted by Gasteiger charge is 2.12. The predicted octanol–water partition coefficient (Wildman–Crippen LogP) is 3.39. The molecule has 0 aliphatic carbocycles. The Morgan fingerprint density at radius 1 is 1.03 bits per heavy atom. The zero-order valence-corrected chi connectivity index (χ0v) is 17.8. The van der Waals surface area contributed by atoms with Crippen molar-refractivity contribution in [1.29, 1.82) is 0 Å². The molecule has 6 nitrogen and oxygen atoms in total. The number of pyridine rings is 1. The van der Waals surface area contributed by atoms with Crippen molar-refractivity contribution in [2.24, 2.45) is 0 Å². The summed E-state index contributed by atoms with van der Waals surface area (Å²) >= 11 is 0. The molecule has 1 heterocycles. The topological polar surface area (TPSA) is 88.2 Å². The SMILES string of the molecule is CC(C)NS(=O)(=O)Cc1ccc(CNC(=O)/C=C/c2cccc3cccnc23)cc1. The van der Waals surface area contributed by atoms with Crippen LogP contribution in [0, 0.1) is 0 Å². The van der Waals surface area contributed by atoms with Gasteiger partial charge in [-0.2, -0.15) is 0 Å². The number of amides is 1. The first-order valence-corrected chi connectivity index (χ1v) is 11.3. The van der Waals surface area contributed by atoms with E-state index in [2.05, 4.69) is 15.0 Å². The second-order valence-electron chi connectivity index (χ2n) is 7.32. The van der Waals surface area contributed by atoms with Gasteiger partial charge in [-0.3, -0.25) is 9.78 Å². The van der Waals surface area contributed by atoms with Gasteiger partial charge in [-0.05, 0) is 37.1 Å². The van der Waals surface area contributed by atoms with E-state index in [1.165, 1.54) is 6.08 Å². The van der Waals surface area contributed by atoms with E-state index in [0.717, 1.165) is 22.0 Å². The monoisotopic (exact) mass is 423 g/mol. The molecule has 2 aromatic carbocycles. The van der Waals surface area contributed by atoms with Crippen LogP contribution in [0.4, 0.5) is 0 Å². The summed E-state index contributed by atoms with van der Waals surface area (Å²) in [6.07, 6.45) is 4.97. The molecule has 2 N–H and O–H groups in total. The molecule has 0 radical (unpaired) electrons. The summed E-state index contributed by atoms with van der Waals surface area (Å²) in [5.41, 5.74) is 3.31. The standard InChI is InChI=1S/C23H25N3O3S/c1-17(2)26-30(28,29)16-19-10-8-18(9-11-19)15-25-22(27)13-12-21-6-3-5-20-7-4-14-24-23(20)21/h3-14,17,26H,15-16H2,1-2H3,(H,25,27)/b13-12+. The fraction of sp³-hybridized carbons (Fsp3) is 0.217. The Hall–Kier alpha value is -3.03. The summed E-state index contributed by atoms with van der Waals surface area (Å²) in [6, 6.07) is 16.7. The molecule has 0 unspecified atom stereocenters. The van der Waals surface area contributed by atoms with Gasteiger partial charge in [-0.1, -0.05) is 48.5 Å². The molecule has 156 valence electrons. The van der Waals surface area contributed by atoms with Crippen LogP contribution in [0.3, 0.4) is 0 Å². The molecule has 0 aliphatic rings. The van der Waals surface area contributed by atoms with Gasteiger partial charge in [0, 0.05) is 35.8 Å². The van der Waals surface area contributed by atoms with Gasteiger partial charge in [0.25, 0.3) is 0 Å². The largest absolute Gasteiger partial charge is 0.348 e. The van der Waals surface area contributed by atoms with Gasteiger partial charge in [0.1, 0.15) is 0 Å². The van der Waals surface area contributed by atoms with Gasteiger partial charge >= 0.3 is 0 Å². The molecule has 0 atom stereocenters. The molecule has 1 aromatic heterocycles. The Labute approximate surface area is 177 Å². The fourth-order valence-electron chi connectivity index (χ4n) is 3.05. The first-order chi connectivity index (χ1) is 14.3. The minimum atomic E-state index is -3.36. The van der Waals surface area contributed by atoms with Crippen LogP contribution in [-0.4, -0.2) is 25.4 Å². The Morgan fingerprint density at radius 2 is 1.73 bits per heavy atom. The third kappa shape index (κ3) is 6.23. The number of nitrogens with one attached hydrogen (secondary N) is 2. The van der Waals surface area contributed by atoms with Crippen molar-refractivity contribution in [3.63, 3.8) is 0 Å². The maximum Gasteiger partial charge on any atom is 0.244 e. The number of hydrogen-bond donors (Lipinski definition) is 2. The van der Waals surface area contributed by atoms with Crippen LogP contribution in [-0.2, 0) is 27.1 Å². The lowest BCUT2D eigenvalue weighted by atomic mass is 10.1. The lowest BCUT2D eigenvalue weighted by Crippen LogP contribution is -2.31. The van der Waals surface area contributed by atoms with Crippen LogP contribution in [0.25, 0.3) is 17.0 Å². The minimum Gasteiger partial charge on any atom is -0.348 e. The molecule has 3 aromatic rings. The van der Waals surface area contributed by atoms with Crippen LogP contribution in [0.1, 0.15) is 30.5 Å². The molecule has 30 heavy (non-hydrogen) atoms. The third-order valence-electron chi connectivity index (χ3n) is 4.34. The highest BCUT2D eigenvalue weighted by atomic mass is 32.2. The zero-order chi connectivity index (χ0) is 21.6. The van der Waals surface area contributed by atoms with Crippen LogP contribution in [0.2, 0.25) is 0 Å². The van der Waals surface area contributed by atoms with E-state index in [9.17, 15) is 13.2 Å². The molecule has 0 saturated heterocycles. The number of hydrogen-bond acceptors (Lipinski definition) is 4. The summed E-state index contributed by atoms with van der Waals surface area (Å²) in [4.78, 5) is 16.5. The third-order valence-corrected chi connectivity index (χ3v) is 5.88. The average molecular weight is 424 g/mol. The maximum atomic E-state index is 12.2. The van der Waals surface area contributed by atoms with Gasteiger partial charge in [0.15, 0.2) is 0 Å². The van der Waals surface area contributed by atoms with Gasteiger partial charge in [0.05, 0.1) is 11.3 Å². The smallest absolute Gasteiger partial charge is 0.244 e. The molecule has 0 fully saturated rings. The highest BCUT2D eigenvalue weighted by molar-refractivity contribution is 7.88. The molecule has 7 heteroatoms. The van der Waals surface area contributed by atoms with E-state index in [0.29, 0.717) is 12.1 Å². The summed E-state index contributed by atoms with van der Waals surface area (Å²) in [5, 5.41) is 3.85. The second-order valence-corrected chi connectivity index (χ2v) is 9.08. The van der Waals surface area contributed by atoms with Crippen LogP contribution < -0.4 is 10.0 Å². The normalized spacial score (nSPS) is 12.0. The van der Waals surface area contributed by atoms with E-state index in [-0.39, 0.29) is 17.7 Å². The lowest BCUT2D eigenvalue weighted by Gasteiger charge is -2.10. The molecular weight excluding hydrogens is 398 g/mol. The number of aromatic nitrogens is 1. The molecular formula is C23H25N3O3S. The summed E-state index contributed by atoms with van der Waals surface area (Å²) in [6.45, 7) is 3.93. The quantitative estimate of drug-likeness (QED) is 0.544. The number of carbonyl (C=O) groups excluding carboxylic acids is 1. The predicted molar refractivity (Wildman–Crippen MR) is 120 cm³/mol. The molecule has 1 amide bonds. The Balaban J connectivity index is 1.56. The van der Waals surface area contributed by atoms with Crippen LogP contribution in [0.15, 0.2) is 66.9 Å². The molecule has 0 aliphatic heterocycles. The van der Waals surface area contributed by atoms with Crippen molar-refractivity contribution >= 4 is 32.9 Å². The number of carbonyl (C=O) groups is 1. The van der Waals surface area contributed by atoms with Crippen LogP contribution >= 0.6 is 0 Å². The van der Waals surface area contributed by atoms with Crippen molar-refractivity contribution in [2.75, 3.05) is 0 Å². The Morgan fingerprint density at radius 3 is 2.47 bits per heavy atom. The number of para-hydroxylation sites is 1. The number of sulfonamides is 1. The second kappa shape index (κ2) is 9.65. The van der Waals surface area contributed by atoms with Crippen molar-refractivity contribution < 1.29 is 13.2 Å². The summed E-state index contributed by atoms with van der Waals surface area (Å²) in [7, 11) is -3.36. The maximum absolute atomic E-state index is 12.2.